The zero-order valence-corrected chi connectivity index (χ0v) is 18.0. The predicted molar refractivity (Wildman–Crippen MR) is 109 cm³/mol. The number of aromatic nitrogens is 4. The third kappa shape index (κ3) is 5.95. The third-order valence-corrected chi connectivity index (χ3v) is 4.25. The van der Waals surface area contributed by atoms with Crippen LogP contribution in [0.15, 0.2) is 29.3 Å². The van der Waals surface area contributed by atoms with E-state index in [1.165, 1.54) is 0 Å². The Kier molecular flexibility index (Phi) is 7.38. The summed E-state index contributed by atoms with van der Waals surface area (Å²) in [5.41, 5.74) is 0.435. The molecule has 2 rings (SSSR count). The molecule has 0 radical (unpaired) electrons. The molecule has 0 saturated carbocycles. The summed E-state index contributed by atoms with van der Waals surface area (Å²) in [5.74, 6) is 1.26. The Morgan fingerprint density at radius 3 is 2.79 bits per heavy atom. The Hall–Kier alpha value is -2.62. The van der Waals surface area contributed by atoms with E-state index in [-0.39, 0.29) is 18.1 Å². The fraction of sp³-hybridized carbons (Fsp3) is 0.444. The van der Waals surface area contributed by atoms with Crippen LogP contribution in [0, 0.1) is 0 Å². The van der Waals surface area contributed by atoms with E-state index < -0.39 is 0 Å². The van der Waals surface area contributed by atoms with Gasteiger partial charge in [-0.15, -0.1) is 6.58 Å². The number of ether oxygens (including phenoxy) is 2. The van der Waals surface area contributed by atoms with Crippen LogP contribution in [-0.4, -0.2) is 45.4 Å². The van der Waals surface area contributed by atoms with E-state index in [2.05, 4.69) is 48.7 Å². The van der Waals surface area contributed by atoms with E-state index >= 15 is 0 Å². The minimum atomic E-state index is -0.339. The molecule has 10 heteroatoms. The van der Waals surface area contributed by atoms with Crippen molar-refractivity contribution in [1.82, 2.24) is 25.5 Å². The zero-order valence-electron chi connectivity index (χ0n) is 16.5. The largest absolute Gasteiger partial charge is 0.493 e. The molecule has 0 aliphatic heterocycles. The summed E-state index contributed by atoms with van der Waals surface area (Å²) in [4.78, 5) is 12.1. The molecule has 1 amide bonds. The first-order valence-electron chi connectivity index (χ1n) is 8.65. The maximum atomic E-state index is 12.1. The van der Waals surface area contributed by atoms with Gasteiger partial charge in [0.15, 0.2) is 18.1 Å². The number of carbonyl (C=O) groups is 1. The number of nitrogens with one attached hydrogen (secondary N) is 2. The van der Waals surface area contributed by atoms with Crippen molar-refractivity contribution in [2.24, 2.45) is 0 Å². The molecule has 9 nitrogen and oxygen atoms in total. The first-order chi connectivity index (χ1) is 13.2. The fourth-order valence-corrected chi connectivity index (χ4v) is 2.85. The first kappa shape index (κ1) is 21.7. The molecule has 0 saturated heterocycles. The molecule has 1 heterocycles. The Morgan fingerprint density at radius 2 is 2.14 bits per heavy atom. The van der Waals surface area contributed by atoms with Gasteiger partial charge in [-0.3, -0.25) is 4.79 Å². The highest BCUT2D eigenvalue weighted by Gasteiger charge is 2.19. The molecular weight excluding hydrogens is 428 g/mol. The number of tetrazole rings is 1. The molecule has 2 N–H and O–H groups in total. The third-order valence-electron chi connectivity index (χ3n) is 3.51. The summed E-state index contributed by atoms with van der Waals surface area (Å²) < 4.78 is 13.6. The Morgan fingerprint density at radius 1 is 1.39 bits per heavy atom. The van der Waals surface area contributed by atoms with Gasteiger partial charge in [0.2, 0.25) is 5.95 Å². The lowest BCUT2D eigenvalue weighted by molar-refractivity contribution is -0.124. The van der Waals surface area contributed by atoms with Crippen LogP contribution in [0.5, 0.6) is 11.5 Å². The Bertz CT molecular complexity index is 831. The van der Waals surface area contributed by atoms with Crippen molar-refractivity contribution in [3.8, 4) is 11.5 Å². The summed E-state index contributed by atoms with van der Waals surface area (Å²) in [6.07, 6.45) is 1.70. The molecule has 1 aromatic heterocycles. The van der Waals surface area contributed by atoms with Gasteiger partial charge in [0.25, 0.3) is 5.91 Å². The number of hydrogen-bond acceptors (Lipinski definition) is 7. The number of hydrogen-bond donors (Lipinski definition) is 2. The van der Waals surface area contributed by atoms with Crippen molar-refractivity contribution < 1.29 is 14.3 Å². The Balaban J connectivity index is 2.19. The molecule has 0 unspecified atom stereocenters. The van der Waals surface area contributed by atoms with Crippen LogP contribution in [0.3, 0.4) is 0 Å². The molecule has 0 spiro atoms. The van der Waals surface area contributed by atoms with Crippen molar-refractivity contribution in [3.63, 3.8) is 0 Å². The molecule has 1 aromatic carbocycles. The van der Waals surface area contributed by atoms with Crippen LogP contribution in [0.4, 0.5) is 5.95 Å². The molecule has 0 aliphatic rings. The van der Waals surface area contributed by atoms with E-state index in [0.717, 1.165) is 10.0 Å². The van der Waals surface area contributed by atoms with Crippen molar-refractivity contribution >= 4 is 27.8 Å². The van der Waals surface area contributed by atoms with Gasteiger partial charge in [0.1, 0.15) is 0 Å². The number of methoxy groups -OCH3 is 1. The maximum Gasteiger partial charge on any atom is 0.258 e. The number of carbonyl (C=O) groups excluding carboxylic acids is 1. The predicted octanol–water partition coefficient (Wildman–Crippen LogP) is 2.54. The van der Waals surface area contributed by atoms with Crippen molar-refractivity contribution in [1.29, 1.82) is 0 Å². The average Bonchev–Trinajstić information content (AvgIpc) is 3.05. The molecule has 0 aliphatic carbocycles. The number of rotatable bonds is 9. The lowest BCUT2D eigenvalue weighted by Crippen LogP contribution is -2.43. The smallest absolute Gasteiger partial charge is 0.258 e. The van der Waals surface area contributed by atoms with Gasteiger partial charge in [0.05, 0.1) is 13.7 Å². The van der Waals surface area contributed by atoms with Crippen LogP contribution in [0.2, 0.25) is 0 Å². The number of halogens is 1. The highest BCUT2D eigenvalue weighted by molar-refractivity contribution is 9.10. The summed E-state index contributed by atoms with van der Waals surface area (Å²) in [7, 11) is 1.55. The molecule has 152 valence electrons. The van der Waals surface area contributed by atoms with E-state index in [4.69, 9.17) is 9.47 Å². The number of anilines is 1. The normalized spacial score (nSPS) is 11.0. The highest BCUT2D eigenvalue weighted by Crippen LogP contribution is 2.36. The molecule has 0 fully saturated rings. The molecule has 0 bridgehead atoms. The summed E-state index contributed by atoms with van der Waals surface area (Å²) in [6, 6.07) is 3.62. The van der Waals surface area contributed by atoms with E-state index in [9.17, 15) is 4.79 Å². The van der Waals surface area contributed by atoms with Crippen LogP contribution in [-0.2, 0) is 17.9 Å². The number of allylic oxidation sites excluding steroid dienone is 1. The molecule has 2 aromatic rings. The average molecular weight is 453 g/mol. The van der Waals surface area contributed by atoms with Crippen molar-refractivity contribution in [2.75, 3.05) is 19.0 Å². The van der Waals surface area contributed by atoms with Gasteiger partial charge in [-0.1, -0.05) is 27.1 Å². The molecule has 28 heavy (non-hydrogen) atoms. The van der Waals surface area contributed by atoms with Gasteiger partial charge >= 0.3 is 0 Å². The number of benzene rings is 1. The van der Waals surface area contributed by atoms with Crippen LogP contribution < -0.4 is 20.1 Å². The maximum absolute atomic E-state index is 12.1. The first-order valence-corrected chi connectivity index (χ1v) is 9.44. The van der Waals surface area contributed by atoms with Crippen molar-refractivity contribution in [2.45, 2.75) is 39.4 Å². The van der Waals surface area contributed by atoms with E-state index in [1.807, 2.05) is 26.8 Å². The minimum Gasteiger partial charge on any atom is -0.493 e. The zero-order chi connectivity index (χ0) is 20.7. The second-order valence-electron chi connectivity index (χ2n) is 6.97. The minimum absolute atomic E-state index is 0.134. The van der Waals surface area contributed by atoms with Crippen LogP contribution >= 0.6 is 15.9 Å². The second kappa shape index (κ2) is 9.54. The number of nitrogens with zero attached hydrogens (tertiary/aromatic N) is 4. The lowest BCUT2D eigenvalue weighted by atomic mass is 10.1. The topological polar surface area (TPSA) is 103 Å². The Labute approximate surface area is 172 Å². The summed E-state index contributed by atoms with van der Waals surface area (Å²) in [6.45, 7) is 10.1. The molecule has 0 atom stereocenters. The fourth-order valence-electron chi connectivity index (χ4n) is 2.40. The molecular formula is C18H25BrN6O3. The van der Waals surface area contributed by atoms with Crippen molar-refractivity contribution in [3.05, 3.63) is 34.8 Å². The SMILES string of the molecule is C=CCn1nnnc1NCc1c(Br)ccc(OC)c1OCC(=O)NC(C)(C)C. The summed E-state index contributed by atoms with van der Waals surface area (Å²) in [5, 5.41) is 17.5. The van der Waals surface area contributed by atoms with Gasteiger partial charge < -0.3 is 20.1 Å². The van der Waals surface area contributed by atoms with Crippen LogP contribution in [0.1, 0.15) is 26.3 Å². The monoisotopic (exact) mass is 452 g/mol. The second-order valence-corrected chi connectivity index (χ2v) is 7.83. The number of amides is 1. The quantitative estimate of drug-likeness (QED) is 0.563. The van der Waals surface area contributed by atoms with E-state index in [0.29, 0.717) is 30.5 Å². The van der Waals surface area contributed by atoms with Gasteiger partial charge in [-0.05, 0) is 43.3 Å². The van der Waals surface area contributed by atoms with Gasteiger partial charge in [-0.2, -0.15) is 0 Å². The standard InChI is InChI=1S/C18H25BrN6O3/c1-6-9-25-17(22-23-24-25)20-10-12-13(19)7-8-14(27-5)16(12)28-11-15(26)21-18(2,3)4/h6-8H,1,9-11H2,2-5H3,(H,21,26)(H,20,22,24). The van der Waals surface area contributed by atoms with Gasteiger partial charge in [0, 0.05) is 22.1 Å². The van der Waals surface area contributed by atoms with E-state index in [1.54, 1.807) is 23.9 Å². The van der Waals surface area contributed by atoms with Gasteiger partial charge in [-0.25, -0.2) is 4.68 Å². The highest BCUT2D eigenvalue weighted by atomic mass is 79.9. The van der Waals surface area contributed by atoms with Crippen LogP contribution in [0.25, 0.3) is 0 Å². The lowest BCUT2D eigenvalue weighted by Gasteiger charge is -2.21. The summed E-state index contributed by atoms with van der Waals surface area (Å²) >= 11 is 3.53.